The molecule has 1 amide bonds. The lowest BCUT2D eigenvalue weighted by Gasteiger charge is -2.07. The molecule has 2 rings (SSSR count). The predicted molar refractivity (Wildman–Crippen MR) is 60.0 cm³/mol. The largest absolute Gasteiger partial charge is 0.465 e. The molecule has 0 saturated carbocycles. The van der Waals surface area contributed by atoms with Gasteiger partial charge in [-0.1, -0.05) is 24.3 Å². The summed E-state index contributed by atoms with van der Waals surface area (Å²) in [4.78, 5) is 10.5. The Kier molecular flexibility index (Phi) is 2.17. The Balaban J connectivity index is 2.56. The number of nitrogen functional groups attached to an aromatic ring is 1. The second-order valence-electron chi connectivity index (χ2n) is 3.22. The molecule has 0 aliphatic carbocycles. The minimum Gasteiger partial charge on any atom is -0.465 e. The molecule has 0 aromatic heterocycles. The average molecular weight is 202 g/mol. The number of fused-ring (bicyclic) bond motifs is 1. The van der Waals surface area contributed by atoms with E-state index in [0.29, 0.717) is 11.4 Å². The van der Waals surface area contributed by atoms with Crippen LogP contribution in [-0.2, 0) is 0 Å². The highest BCUT2D eigenvalue weighted by atomic mass is 16.4. The first-order chi connectivity index (χ1) is 7.16. The average Bonchev–Trinajstić information content (AvgIpc) is 2.18. The van der Waals surface area contributed by atoms with Gasteiger partial charge in [0.05, 0.1) is 11.4 Å². The maximum atomic E-state index is 10.5. The third kappa shape index (κ3) is 1.83. The van der Waals surface area contributed by atoms with Crippen LogP contribution in [0.5, 0.6) is 0 Å². The predicted octanol–water partition coefficient (Wildman–Crippen LogP) is 2.51. The lowest BCUT2D eigenvalue weighted by molar-refractivity contribution is 0.210. The van der Waals surface area contributed by atoms with E-state index in [9.17, 15) is 4.79 Å². The molecular weight excluding hydrogens is 192 g/mol. The van der Waals surface area contributed by atoms with Gasteiger partial charge in [0.15, 0.2) is 0 Å². The molecule has 0 bridgehead atoms. The number of carbonyl (C=O) groups is 1. The molecule has 2 aromatic carbocycles. The van der Waals surface area contributed by atoms with E-state index in [1.807, 2.05) is 24.3 Å². The standard InChI is InChI=1S/C11H10N2O2/c12-9-5-7-3-1-2-4-8(7)6-10(9)13-11(14)15/h1-6,13H,12H2,(H,14,15). The van der Waals surface area contributed by atoms with Gasteiger partial charge in [-0.2, -0.15) is 0 Å². The molecule has 0 spiro atoms. The number of anilines is 2. The molecule has 0 unspecified atom stereocenters. The summed E-state index contributed by atoms with van der Waals surface area (Å²) in [5, 5.41) is 12.8. The van der Waals surface area contributed by atoms with Gasteiger partial charge in [0.25, 0.3) is 0 Å². The van der Waals surface area contributed by atoms with Gasteiger partial charge in [0, 0.05) is 0 Å². The fraction of sp³-hybridized carbons (Fsp3) is 0. The smallest absolute Gasteiger partial charge is 0.409 e. The summed E-state index contributed by atoms with van der Waals surface area (Å²) in [7, 11) is 0. The van der Waals surface area contributed by atoms with Gasteiger partial charge in [-0.25, -0.2) is 4.79 Å². The van der Waals surface area contributed by atoms with E-state index in [1.54, 1.807) is 12.1 Å². The van der Waals surface area contributed by atoms with Gasteiger partial charge < -0.3 is 10.8 Å². The minimum atomic E-state index is -1.11. The van der Waals surface area contributed by atoms with Crippen LogP contribution in [0.25, 0.3) is 10.8 Å². The van der Waals surface area contributed by atoms with Crippen LogP contribution in [0.15, 0.2) is 36.4 Å². The molecule has 2 aromatic rings. The molecular formula is C11H10N2O2. The maximum Gasteiger partial charge on any atom is 0.409 e. The molecule has 0 saturated heterocycles. The minimum absolute atomic E-state index is 0.418. The highest BCUT2D eigenvalue weighted by Crippen LogP contribution is 2.25. The van der Waals surface area contributed by atoms with Crippen molar-refractivity contribution in [1.82, 2.24) is 0 Å². The van der Waals surface area contributed by atoms with Gasteiger partial charge >= 0.3 is 6.09 Å². The lowest BCUT2D eigenvalue weighted by Crippen LogP contribution is -2.09. The number of hydrogen-bond acceptors (Lipinski definition) is 2. The van der Waals surface area contributed by atoms with Crippen molar-refractivity contribution in [3.63, 3.8) is 0 Å². The number of carboxylic acid groups (broad SMARTS) is 1. The van der Waals surface area contributed by atoms with Gasteiger partial charge in [-0.3, -0.25) is 5.32 Å². The van der Waals surface area contributed by atoms with E-state index in [1.165, 1.54) is 0 Å². The topological polar surface area (TPSA) is 75.3 Å². The number of hydrogen-bond donors (Lipinski definition) is 3. The molecule has 0 radical (unpaired) electrons. The fourth-order valence-corrected chi connectivity index (χ4v) is 1.48. The number of nitrogens with one attached hydrogen (secondary N) is 1. The molecule has 76 valence electrons. The van der Waals surface area contributed by atoms with Crippen molar-refractivity contribution in [2.24, 2.45) is 0 Å². The van der Waals surface area contributed by atoms with E-state index in [4.69, 9.17) is 10.8 Å². The molecule has 0 aliphatic heterocycles. The molecule has 4 heteroatoms. The van der Waals surface area contributed by atoms with E-state index >= 15 is 0 Å². The first kappa shape index (κ1) is 9.33. The quantitative estimate of drug-likeness (QED) is 0.622. The normalized spacial score (nSPS) is 10.1. The summed E-state index contributed by atoms with van der Waals surface area (Å²) in [6.07, 6.45) is -1.11. The summed E-state index contributed by atoms with van der Waals surface area (Å²) in [5.74, 6) is 0. The zero-order valence-corrected chi connectivity index (χ0v) is 7.90. The Labute approximate surface area is 86.3 Å². The van der Waals surface area contributed by atoms with Crippen LogP contribution >= 0.6 is 0 Å². The van der Waals surface area contributed by atoms with Gasteiger partial charge in [-0.15, -0.1) is 0 Å². The fourth-order valence-electron chi connectivity index (χ4n) is 1.48. The summed E-state index contributed by atoms with van der Waals surface area (Å²) < 4.78 is 0. The first-order valence-corrected chi connectivity index (χ1v) is 4.45. The molecule has 4 nitrogen and oxygen atoms in total. The van der Waals surface area contributed by atoms with Gasteiger partial charge in [0.2, 0.25) is 0 Å². The Morgan fingerprint density at radius 2 is 1.80 bits per heavy atom. The summed E-state index contributed by atoms with van der Waals surface area (Å²) in [6, 6.07) is 11.1. The van der Waals surface area contributed by atoms with E-state index in [-0.39, 0.29) is 0 Å². The lowest BCUT2D eigenvalue weighted by atomic mass is 10.1. The third-order valence-corrected chi connectivity index (χ3v) is 2.16. The Hall–Kier alpha value is -2.23. The van der Waals surface area contributed by atoms with Crippen molar-refractivity contribution >= 4 is 28.2 Å². The molecule has 0 heterocycles. The van der Waals surface area contributed by atoms with Crippen LogP contribution in [-0.4, -0.2) is 11.2 Å². The Morgan fingerprint density at radius 1 is 1.20 bits per heavy atom. The molecule has 0 fully saturated rings. The van der Waals surface area contributed by atoms with Crippen LogP contribution in [0.4, 0.5) is 16.2 Å². The van der Waals surface area contributed by atoms with Crippen LogP contribution in [0.1, 0.15) is 0 Å². The van der Waals surface area contributed by atoms with E-state index in [0.717, 1.165) is 10.8 Å². The van der Waals surface area contributed by atoms with Crippen LogP contribution in [0.2, 0.25) is 0 Å². The van der Waals surface area contributed by atoms with Crippen molar-refractivity contribution in [3.8, 4) is 0 Å². The van der Waals surface area contributed by atoms with Gasteiger partial charge in [-0.05, 0) is 22.9 Å². The molecule has 0 atom stereocenters. The summed E-state index contributed by atoms with van der Waals surface area (Å²) in [5.41, 5.74) is 6.55. The van der Waals surface area contributed by atoms with Crippen LogP contribution in [0.3, 0.4) is 0 Å². The highest BCUT2D eigenvalue weighted by molar-refractivity contribution is 5.96. The zero-order chi connectivity index (χ0) is 10.8. The number of benzene rings is 2. The van der Waals surface area contributed by atoms with Crippen LogP contribution < -0.4 is 11.1 Å². The molecule has 4 N–H and O–H groups in total. The maximum absolute atomic E-state index is 10.5. The monoisotopic (exact) mass is 202 g/mol. The number of amides is 1. The summed E-state index contributed by atoms with van der Waals surface area (Å²) in [6.45, 7) is 0. The van der Waals surface area contributed by atoms with E-state index < -0.39 is 6.09 Å². The Bertz CT molecular complexity index is 523. The zero-order valence-electron chi connectivity index (χ0n) is 7.90. The van der Waals surface area contributed by atoms with Crippen LogP contribution in [0, 0.1) is 0 Å². The van der Waals surface area contributed by atoms with Crippen molar-refractivity contribution < 1.29 is 9.90 Å². The highest BCUT2D eigenvalue weighted by Gasteiger charge is 2.04. The van der Waals surface area contributed by atoms with Crippen molar-refractivity contribution in [3.05, 3.63) is 36.4 Å². The number of rotatable bonds is 1. The van der Waals surface area contributed by atoms with Gasteiger partial charge in [0.1, 0.15) is 0 Å². The van der Waals surface area contributed by atoms with Crippen molar-refractivity contribution in [2.75, 3.05) is 11.1 Å². The second kappa shape index (κ2) is 3.49. The third-order valence-electron chi connectivity index (χ3n) is 2.16. The SMILES string of the molecule is Nc1cc2ccccc2cc1NC(=O)O. The van der Waals surface area contributed by atoms with Crippen molar-refractivity contribution in [2.45, 2.75) is 0 Å². The summed E-state index contributed by atoms with van der Waals surface area (Å²) >= 11 is 0. The van der Waals surface area contributed by atoms with E-state index in [2.05, 4.69) is 5.32 Å². The second-order valence-corrected chi connectivity index (χ2v) is 3.22. The molecule has 0 aliphatic rings. The number of nitrogens with two attached hydrogens (primary N) is 1. The first-order valence-electron chi connectivity index (χ1n) is 4.45. The molecule has 15 heavy (non-hydrogen) atoms. The van der Waals surface area contributed by atoms with Crippen molar-refractivity contribution in [1.29, 1.82) is 0 Å². The Morgan fingerprint density at radius 3 is 2.40 bits per heavy atom.